The molecule has 0 saturated heterocycles. The molecule has 0 fully saturated rings. The van der Waals surface area contributed by atoms with Crippen LogP contribution in [-0.2, 0) is 10.1 Å². The number of nitrogens with zero attached hydrogens (tertiary/aromatic N) is 2. The third kappa shape index (κ3) is 3.99. The molecule has 0 aliphatic carbocycles. The average Bonchev–Trinajstić information content (AvgIpc) is 2.60. The van der Waals surface area contributed by atoms with E-state index in [0.717, 1.165) is 5.56 Å². The molecule has 27 heavy (non-hydrogen) atoms. The summed E-state index contributed by atoms with van der Waals surface area (Å²) in [6.07, 6.45) is 0. The Kier molecular flexibility index (Phi) is 4.99. The lowest BCUT2D eigenvalue weighted by Gasteiger charge is -2.13. The largest absolute Gasteiger partial charge is 0.363 e. The van der Waals surface area contributed by atoms with Crippen molar-refractivity contribution >= 4 is 15.9 Å². The van der Waals surface area contributed by atoms with Gasteiger partial charge < -0.3 is 4.90 Å². The van der Waals surface area contributed by atoms with Crippen LogP contribution in [0.15, 0.2) is 59.5 Å². The van der Waals surface area contributed by atoms with Gasteiger partial charge in [0.1, 0.15) is 10.7 Å². The van der Waals surface area contributed by atoms with Gasteiger partial charge >= 0.3 is 0 Å². The molecule has 0 radical (unpaired) electrons. The molecule has 0 spiro atoms. The third-order valence-corrected chi connectivity index (χ3v) is 5.10. The fourth-order valence-corrected chi connectivity index (χ4v) is 3.53. The SMILES string of the molecule is Cc1ccc(S(=O)(=O)O)c(-c2cccc(-c3ccc(N(C)C)nc3F)c2)c1. The number of hydrogen-bond donors (Lipinski definition) is 1. The first-order chi connectivity index (χ1) is 12.7. The Balaban J connectivity index is 2.15. The number of rotatable bonds is 4. The molecule has 1 N–H and O–H groups in total. The van der Waals surface area contributed by atoms with Crippen LogP contribution in [0.1, 0.15) is 5.56 Å². The van der Waals surface area contributed by atoms with Crippen LogP contribution in [-0.4, -0.2) is 32.0 Å². The lowest BCUT2D eigenvalue weighted by atomic mass is 9.98. The standard InChI is InChI=1S/C20H19FN2O3S/c1-13-7-9-18(27(24,25)26)17(11-13)15-6-4-5-14(12-15)16-8-10-19(23(2)3)22-20(16)21/h4-12H,1-3H3,(H,24,25,26). The first-order valence-electron chi connectivity index (χ1n) is 8.19. The second-order valence-electron chi connectivity index (χ2n) is 6.46. The molecule has 7 heteroatoms. The molecule has 0 aliphatic heterocycles. The Morgan fingerprint density at radius 2 is 1.63 bits per heavy atom. The van der Waals surface area contributed by atoms with Gasteiger partial charge in [-0.3, -0.25) is 4.55 Å². The summed E-state index contributed by atoms with van der Waals surface area (Å²) in [5, 5.41) is 0. The number of anilines is 1. The van der Waals surface area contributed by atoms with Gasteiger partial charge in [0.05, 0.1) is 0 Å². The van der Waals surface area contributed by atoms with Crippen LogP contribution in [0.5, 0.6) is 0 Å². The molecule has 0 atom stereocenters. The first-order valence-corrected chi connectivity index (χ1v) is 9.63. The van der Waals surface area contributed by atoms with Crippen LogP contribution in [0.3, 0.4) is 0 Å². The molecule has 5 nitrogen and oxygen atoms in total. The molecule has 1 aromatic heterocycles. The van der Waals surface area contributed by atoms with E-state index in [9.17, 15) is 17.4 Å². The number of aryl methyl sites for hydroxylation is 1. The molecule has 3 aromatic rings. The lowest BCUT2D eigenvalue weighted by Crippen LogP contribution is -2.11. The van der Waals surface area contributed by atoms with E-state index in [0.29, 0.717) is 28.1 Å². The monoisotopic (exact) mass is 386 g/mol. The lowest BCUT2D eigenvalue weighted by molar-refractivity contribution is 0.483. The minimum absolute atomic E-state index is 0.188. The van der Waals surface area contributed by atoms with E-state index in [1.807, 2.05) is 6.92 Å². The van der Waals surface area contributed by atoms with Crippen molar-refractivity contribution in [3.8, 4) is 22.3 Å². The number of pyridine rings is 1. The van der Waals surface area contributed by atoms with Crippen LogP contribution in [0.25, 0.3) is 22.3 Å². The molecule has 0 bridgehead atoms. The van der Waals surface area contributed by atoms with Crippen molar-refractivity contribution in [2.24, 2.45) is 0 Å². The Labute approximate surface area is 157 Å². The summed E-state index contributed by atoms with van der Waals surface area (Å²) in [7, 11) is -0.842. The zero-order valence-electron chi connectivity index (χ0n) is 15.1. The third-order valence-electron chi connectivity index (χ3n) is 4.19. The number of aromatic nitrogens is 1. The van der Waals surface area contributed by atoms with E-state index in [1.54, 1.807) is 67.5 Å². The Morgan fingerprint density at radius 1 is 0.963 bits per heavy atom. The summed E-state index contributed by atoms with van der Waals surface area (Å²) in [5.74, 6) is -0.114. The highest BCUT2D eigenvalue weighted by molar-refractivity contribution is 7.86. The van der Waals surface area contributed by atoms with Crippen molar-refractivity contribution in [3.63, 3.8) is 0 Å². The van der Waals surface area contributed by atoms with Crippen LogP contribution >= 0.6 is 0 Å². The summed E-state index contributed by atoms with van der Waals surface area (Å²) in [4.78, 5) is 5.46. The van der Waals surface area contributed by atoms with Crippen LogP contribution in [0.4, 0.5) is 10.2 Å². The van der Waals surface area contributed by atoms with E-state index in [4.69, 9.17) is 0 Å². The smallest absolute Gasteiger partial charge is 0.295 e. The summed E-state index contributed by atoms with van der Waals surface area (Å²) >= 11 is 0. The topological polar surface area (TPSA) is 70.5 Å². The zero-order chi connectivity index (χ0) is 19.8. The molecule has 2 aromatic carbocycles. The number of halogens is 1. The van der Waals surface area contributed by atoms with E-state index in [1.165, 1.54) is 6.07 Å². The normalized spacial score (nSPS) is 11.4. The van der Waals surface area contributed by atoms with Gasteiger partial charge in [-0.05, 0) is 42.3 Å². The highest BCUT2D eigenvalue weighted by Gasteiger charge is 2.17. The first kappa shape index (κ1) is 19.0. The predicted octanol–water partition coefficient (Wildman–Crippen LogP) is 4.18. The molecule has 0 unspecified atom stereocenters. The summed E-state index contributed by atoms with van der Waals surface area (Å²) in [5.41, 5.74) is 2.62. The predicted molar refractivity (Wildman–Crippen MR) is 104 cm³/mol. The Bertz CT molecular complexity index is 1110. The van der Waals surface area contributed by atoms with E-state index < -0.39 is 16.1 Å². The van der Waals surface area contributed by atoms with E-state index >= 15 is 0 Å². The molecular weight excluding hydrogens is 367 g/mol. The molecule has 0 amide bonds. The highest BCUT2D eigenvalue weighted by Crippen LogP contribution is 2.32. The van der Waals surface area contributed by atoms with Gasteiger partial charge in [0.2, 0.25) is 5.95 Å². The van der Waals surface area contributed by atoms with E-state index in [2.05, 4.69) is 4.98 Å². The maximum atomic E-state index is 14.5. The maximum Gasteiger partial charge on any atom is 0.295 e. The summed E-state index contributed by atoms with van der Waals surface area (Å²) in [6.45, 7) is 1.82. The van der Waals surface area contributed by atoms with E-state index in [-0.39, 0.29) is 4.90 Å². The molecule has 1 heterocycles. The Morgan fingerprint density at radius 3 is 2.22 bits per heavy atom. The fraction of sp³-hybridized carbons (Fsp3) is 0.150. The number of benzene rings is 2. The number of hydrogen-bond acceptors (Lipinski definition) is 4. The van der Waals surface area contributed by atoms with Gasteiger partial charge in [-0.1, -0.05) is 35.9 Å². The van der Waals surface area contributed by atoms with Crippen LogP contribution in [0, 0.1) is 12.9 Å². The van der Waals surface area contributed by atoms with Crippen LogP contribution < -0.4 is 4.90 Å². The minimum Gasteiger partial charge on any atom is -0.363 e. The van der Waals surface area contributed by atoms with Gasteiger partial charge in [-0.15, -0.1) is 0 Å². The van der Waals surface area contributed by atoms with Gasteiger partial charge in [-0.25, -0.2) is 4.98 Å². The molecule has 140 valence electrons. The molecule has 0 saturated carbocycles. The van der Waals surface area contributed by atoms with Gasteiger partial charge in [0.15, 0.2) is 0 Å². The highest BCUT2D eigenvalue weighted by atomic mass is 32.2. The van der Waals surface area contributed by atoms with Crippen molar-refractivity contribution in [1.29, 1.82) is 0 Å². The van der Waals surface area contributed by atoms with Gasteiger partial charge in [0, 0.05) is 25.2 Å². The second-order valence-corrected chi connectivity index (χ2v) is 7.85. The average molecular weight is 386 g/mol. The molecular formula is C20H19FN2O3S. The van der Waals surface area contributed by atoms with Crippen molar-refractivity contribution in [3.05, 3.63) is 66.1 Å². The quantitative estimate of drug-likeness (QED) is 0.538. The fourth-order valence-electron chi connectivity index (χ4n) is 2.84. The van der Waals surface area contributed by atoms with Gasteiger partial charge in [0.25, 0.3) is 10.1 Å². The minimum atomic E-state index is -4.39. The van der Waals surface area contributed by atoms with Crippen molar-refractivity contribution in [2.75, 3.05) is 19.0 Å². The maximum absolute atomic E-state index is 14.5. The summed E-state index contributed by atoms with van der Waals surface area (Å²) in [6, 6.07) is 14.8. The second kappa shape index (κ2) is 7.09. The van der Waals surface area contributed by atoms with Crippen molar-refractivity contribution < 1.29 is 17.4 Å². The van der Waals surface area contributed by atoms with Crippen molar-refractivity contribution in [2.45, 2.75) is 11.8 Å². The summed E-state index contributed by atoms with van der Waals surface area (Å²) < 4.78 is 47.5. The Hall–Kier alpha value is -2.77. The van der Waals surface area contributed by atoms with Gasteiger partial charge in [-0.2, -0.15) is 12.8 Å². The van der Waals surface area contributed by atoms with Crippen molar-refractivity contribution in [1.82, 2.24) is 4.98 Å². The van der Waals surface area contributed by atoms with Crippen LogP contribution in [0.2, 0.25) is 0 Å². The zero-order valence-corrected chi connectivity index (χ0v) is 16.0. The molecule has 0 aliphatic rings. The molecule has 3 rings (SSSR count).